The molecule has 4 aromatic rings. The van der Waals surface area contributed by atoms with Gasteiger partial charge in [0, 0.05) is 24.8 Å². The van der Waals surface area contributed by atoms with Gasteiger partial charge in [-0.25, -0.2) is 14.6 Å². The third kappa shape index (κ3) is 4.00. The minimum absolute atomic E-state index is 0.0466. The van der Waals surface area contributed by atoms with Crippen molar-refractivity contribution in [3.05, 3.63) is 59.9 Å². The Balaban J connectivity index is 1.39. The van der Waals surface area contributed by atoms with Crippen molar-refractivity contribution in [3.63, 3.8) is 0 Å². The van der Waals surface area contributed by atoms with E-state index in [0.29, 0.717) is 41.1 Å². The first-order chi connectivity index (χ1) is 16.2. The monoisotopic (exact) mass is 468 g/mol. The molecule has 0 fully saturated rings. The number of carbonyl (C=O) groups excluding carboxylic acids is 1. The van der Waals surface area contributed by atoms with Gasteiger partial charge in [-0.15, -0.1) is 13.2 Å². The van der Waals surface area contributed by atoms with Crippen molar-refractivity contribution >= 4 is 28.4 Å². The van der Waals surface area contributed by atoms with Gasteiger partial charge < -0.3 is 15.4 Å². The maximum absolute atomic E-state index is 13.0. The minimum atomic E-state index is -4.79. The van der Waals surface area contributed by atoms with Gasteiger partial charge in [0.1, 0.15) is 23.6 Å². The number of amides is 1. The summed E-state index contributed by atoms with van der Waals surface area (Å²) in [5.74, 6) is -0.228. The van der Waals surface area contributed by atoms with E-state index in [-0.39, 0.29) is 18.1 Å². The van der Waals surface area contributed by atoms with Gasteiger partial charge in [0.2, 0.25) is 5.91 Å². The molecule has 0 aliphatic carbocycles. The molecule has 8 nitrogen and oxygen atoms in total. The molecule has 174 valence electrons. The Morgan fingerprint density at radius 2 is 2.00 bits per heavy atom. The third-order valence-electron chi connectivity index (χ3n) is 5.69. The first-order valence-electron chi connectivity index (χ1n) is 10.4. The number of hydrogen-bond acceptors (Lipinski definition) is 6. The summed E-state index contributed by atoms with van der Waals surface area (Å²) in [5.41, 5.74) is 10.3. The van der Waals surface area contributed by atoms with Crippen LogP contribution in [0.2, 0.25) is 0 Å². The summed E-state index contributed by atoms with van der Waals surface area (Å²) in [6.45, 7) is 0.477. The standard InChI is InChI=1S/C23H19F3N6O2/c1-31-22-19(21(27)28-12-29-22)20(30-31)15-5-6-17-14(11-15)7-8-32(17)18(33)10-13-3-2-4-16(9-13)34-23(24,25)26/h2-6,9,11-12H,7-8,10H2,1H3,(H2,27,28,29). The number of nitrogens with zero attached hydrogens (tertiary/aromatic N) is 5. The summed E-state index contributed by atoms with van der Waals surface area (Å²) in [6.07, 6.45) is -2.80. The second kappa shape index (κ2) is 8.01. The summed E-state index contributed by atoms with van der Waals surface area (Å²) in [6, 6.07) is 11.1. The van der Waals surface area contributed by atoms with Gasteiger partial charge in [-0.1, -0.05) is 18.2 Å². The van der Waals surface area contributed by atoms with Crippen molar-refractivity contribution < 1.29 is 22.7 Å². The van der Waals surface area contributed by atoms with Crippen molar-refractivity contribution in [1.82, 2.24) is 19.7 Å². The molecule has 34 heavy (non-hydrogen) atoms. The number of rotatable bonds is 4. The number of nitrogens with two attached hydrogens (primary N) is 1. The highest BCUT2D eigenvalue weighted by atomic mass is 19.4. The van der Waals surface area contributed by atoms with Crippen LogP contribution in [0.4, 0.5) is 24.7 Å². The van der Waals surface area contributed by atoms with Crippen molar-refractivity contribution in [1.29, 1.82) is 0 Å². The van der Waals surface area contributed by atoms with Crippen LogP contribution >= 0.6 is 0 Å². The number of alkyl halides is 3. The Morgan fingerprint density at radius 1 is 1.18 bits per heavy atom. The summed E-state index contributed by atoms with van der Waals surface area (Å²) in [5, 5.41) is 5.22. The number of aryl methyl sites for hydroxylation is 1. The van der Waals surface area contributed by atoms with E-state index in [1.165, 1.54) is 24.5 Å². The zero-order valence-corrected chi connectivity index (χ0v) is 18.0. The van der Waals surface area contributed by atoms with Crippen LogP contribution in [0, 0.1) is 0 Å². The molecule has 5 rings (SSSR count). The molecule has 2 N–H and O–H groups in total. The van der Waals surface area contributed by atoms with Crippen molar-refractivity contribution in [2.24, 2.45) is 7.05 Å². The van der Waals surface area contributed by atoms with Crippen LogP contribution in [0.15, 0.2) is 48.8 Å². The third-order valence-corrected chi connectivity index (χ3v) is 5.69. The number of benzene rings is 2. The Hall–Kier alpha value is -4.15. The van der Waals surface area contributed by atoms with E-state index in [2.05, 4.69) is 19.8 Å². The molecule has 11 heteroatoms. The molecule has 1 aliphatic rings. The van der Waals surface area contributed by atoms with Crippen LogP contribution in [0.25, 0.3) is 22.3 Å². The van der Waals surface area contributed by atoms with E-state index < -0.39 is 6.36 Å². The molecule has 0 saturated carbocycles. The largest absolute Gasteiger partial charge is 0.573 e. The van der Waals surface area contributed by atoms with E-state index in [4.69, 9.17) is 5.73 Å². The zero-order chi connectivity index (χ0) is 24.0. The lowest BCUT2D eigenvalue weighted by Crippen LogP contribution is -2.30. The first-order valence-corrected chi connectivity index (χ1v) is 10.4. The van der Waals surface area contributed by atoms with E-state index in [9.17, 15) is 18.0 Å². The average Bonchev–Trinajstić information content (AvgIpc) is 3.34. The molecule has 2 aromatic carbocycles. The predicted molar refractivity (Wildman–Crippen MR) is 119 cm³/mol. The molecular weight excluding hydrogens is 449 g/mol. The van der Waals surface area contributed by atoms with Crippen LogP contribution in [0.1, 0.15) is 11.1 Å². The number of halogens is 3. The molecular formula is C23H19F3N6O2. The lowest BCUT2D eigenvalue weighted by atomic mass is 10.0. The number of nitrogen functional groups attached to an aromatic ring is 1. The van der Waals surface area contributed by atoms with Crippen molar-refractivity contribution in [3.8, 4) is 17.0 Å². The van der Waals surface area contributed by atoms with Crippen molar-refractivity contribution in [2.75, 3.05) is 17.2 Å². The highest BCUT2D eigenvalue weighted by molar-refractivity contribution is 6.00. The molecule has 0 atom stereocenters. The highest BCUT2D eigenvalue weighted by Crippen LogP contribution is 2.35. The number of hydrogen-bond donors (Lipinski definition) is 1. The normalized spacial score (nSPS) is 13.4. The highest BCUT2D eigenvalue weighted by Gasteiger charge is 2.31. The smallest absolute Gasteiger partial charge is 0.406 e. The molecule has 1 amide bonds. The molecule has 1 aliphatic heterocycles. The molecule has 2 aromatic heterocycles. The van der Waals surface area contributed by atoms with E-state index in [1.807, 2.05) is 18.2 Å². The number of carbonyl (C=O) groups is 1. The van der Waals surface area contributed by atoms with Crippen LogP contribution in [-0.4, -0.2) is 38.6 Å². The van der Waals surface area contributed by atoms with Gasteiger partial charge in [0.25, 0.3) is 0 Å². The lowest BCUT2D eigenvalue weighted by Gasteiger charge is -2.18. The summed E-state index contributed by atoms with van der Waals surface area (Å²) in [4.78, 5) is 22.9. The van der Waals surface area contributed by atoms with Gasteiger partial charge in [-0.3, -0.25) is 4.79 Å². The van der Waals surface area contributed by atoms with Crippen LogP contribution < -0.4 is 15.4 Å². The number of ether oxygens (including phenoxy) is 1. The van der Waals surface area contributed by atoms with E-state index in [0.717, 1.165) is 16.8 Å². The topological polar surface area (TPSA) is 99.2 Å². The molecule has 3 heterocycles. The van der Waals surface area contributed by atoms with E-state index in [1.54, 1.807) is 22.7 Å². The van der Waals surface area contributed by atoms with E-state index >= 15 is 0 Å². The Labute approximate surface area is 191 Å². The summed E-state index contributed by atoms with van der Waals surface area (Å²) < 4.78 is 43.1. The van der Waals surface area contributed by atoms with Gasteiger partial charge in [0.05, 0.1) is 11.8 Å². The first kappa shape index (κ1) is 21.7. The fourth-order valence-electron chi connectivity index (χ4n) is 4.24. The second-order valence-electron chi connectivity index (χ2n) is 7.94. The van der Waals surface area contributed by atoms with Gasteiger partial charge in [-0.2, -0.15) is 5.10 Å². The second-order valence-corrected chi connectivity index (χ2v) is 7.94. The molecule has 0 saturated heterocycles. The fraction of sp³-hybridized carbons (Fsp3) is 0.217. The van der Waals surface area contributed by atoms with Crippen molar-refractivity contribution in [2.45, 2.75) is 19.2 Å². The van der Waals surface area contributed by atoms with Crippen LogP contribution in [-0.2, 0) is 24.7 Å². The van der Waals surface area contributed by atoms with Crippen LogP contribution in [0.5, 0.6) is 5.75 Å². The van der Waals surface area contributed by atoms with Gasteiger partial charge in [0.15, 0.2) is 5.65 Å². The van der Waals surface area contributed by atoms with Gasteiger partial charge >= 0.3 is 6.36 Å². The molecule has 0 unspecified atom stereocenters. The molecule has 0 radical (unpaired) electrons. The summed E-state index contributed by atoms with van der Waals surface area (Å²) in [7, 11) is 1.78. The quantitative estimate of drug-likeness (QED) is 0.491. The SMILES string of the molecule is Cn1nc(-c2ccc3c(c2)CCN3C(=O)Cc2cccc(OC(F)(F)F)c2)c2c(N)ncnc21. The minimum Gasteiger partial charge on any atom is -0.406 e. The molecule has 0 bridgehead atoms. The summed E-state index contributed by atoms with van der Waals surface area (Å²) >= 11 is 0. The molecule has 0 spiro atoms. The number of fused-ring (bicyclic) bond motifs is 2. The maximum Gasteiger partial charge on any atom is 0.573 e. The number of aromatic nitrogens is 4. The maximum atomic E-state index is 13.0. The Morgan fingerprint density at radius 3 is 2.79 bits per heavy atom. The van der Waals surface area contributed by atoms with Crippen LogP contribution in [0.3, 0.4) is 0 Å². The van der Waals surface area contributed by atoms with Gasteiger partial charge in [-0.05, 0) is 41.8 Å². The Bertz CT molecular complexity index is 1420. The Kier molecular flexibility index (Phi) is 5.11. The number of anilines is 2. The fourth-order valence-corrected chi connectivity index (χ4v) is 4.24. The lowest BCUT2D eigenvalue weighted by molar-refractivity contribution is -0.274. The zero-order valence-electron chi connectivity index (χ0n) is 18.0. The predicted octanol–water partition coefficient (Wildman–Crippen LogP) is 3.64. The average molecular weight is 468 g/mol.